The van der Waals surface area contributed by atoms with Gasteiger partial charge in [0.25, 0.3) is 0 Å². The van der Waals surface area contributed by atoms with Gasteiger partial charge < -0.3 is 9.47 Å². The average Bonchev–Trinajstić information content (AvgIpc) is 2.21. The van der Waals surface area contributed by atoms with E-state index in [1.165, 1.54) is 12.8 Å². The quantitative estimate of drug-likeness (QED) is 0.345. The highest BCUT2D eigenvalue weighted by Gasteiger charge is 2.09. The summed E-state index contributed by atoms with van der Waals surface area (Å²) in [6, 6.07) is 0. The molecule has 0 bridgehead atoms. The molecule has 0 radical (unpaired) electrons. The molecule has 0 fully saturated rings. The predicted molar refractivity (Wildman–Crippen MR) is 65.1 cm³/mol. The van der Waals surface area contributed by atoms with Crippen molar-refractivity contribution in [1.82, 2.24) is 0 Å². The molecule has 0 N–H and O–H groups in total. The zero-order valence-electron chi connectivity index (χ0n) is 11.1. The molecule has 1 atom stereocenters. The zero-order chi connectivity index (χ0) is 12.4. The zero-order valence-corrected chi connectivity index (χ0v) is 11.1. The molecule has 0 amide bonds. The molecule has 0 aromatic carbocycles. The van der Waals surface area contributed by atoms with Crippen molar-refractivity contribution in [1.29, 1.82) is 0 Å². The monoisotopic (exact) mass is 230 g/mol. The van der Waals surface area contributed by atoms with Gasteiger partial charge in [-0.15, -0.1) is 0 Å². The third kappa shape index (κ3) is 9.97. The fraction of sp³-hybridized carbons (Fsp3) is 0.923. The normalized spacial score (nSPS) is 12.8. The smallest absolute Gasteiger partial charge is 0.308 e. The van der Waals surface area contributed by atoms with Crippen molar-refractivity contribution in [3.8, 4) is 0 Å². The van der Waals surface area contributed by atoms with E-state index in [0.717, 1.165) is 12.8 Å². The third-order valence-corrected chi connectivity index (χ3v) is 2.20. The molecule has 0 aliphatic rings. The van der Waals surface area contributed by atoms with Crippen molar-refractivity contribution in [3.05, 3.63) is 0 Å². The maximum absolute atomic E-state index is 11.4. The van der Waals surface area contributed by atoms with Gasteiger partial charge in [0.15, 0.2) is 6.29 Å². The molecule has 0 spiro atoms. The van der Waals surface area contributed by atoms with Gasteiger partial charge in [-0.25, -0.2) is 0 Å². The van der Waals surface area contributed by atoms with Crippen molar-refractivity contribution in [3.63, 3.8) is 0 Å². The predicted octanol–water partition coefficient (Wildman–Crippen LogP) is 3.52. The Morgan fingerprint density at radius 2 is 1.81 bits per heavy atom. The largest absolute Gasteiger partial charge is 0.436 e. The molecule has 0 aromatic rings. The maximum Gasteiger partial charge on any atom is 0.308 e. The number of unbranched alkanes of at least 4 members (excludes halogenated alkanes) is 3. The molecular formula is C13H26O3. The van der Waals surface area contributed by atoms with Crippen LogP contribution in [0.25, 0.3) is 0 Å². The molecule has 0 saturated heterocycles. The van der Waals surface area contributed by atoms with Gasteiger partial charge in [-0.05, 0) is 19.3 Å². The van der Waals surface area contributed by atoms with Gasteiger partial charge in [0.2, 0.25) is 0 Å². The standard InChI is InChI=1S/C13H26O3/c1-5-6-7-8-9-13(14)16-12(4)15-10-11(2)3/h11-12H,5-10H2,1-4H3. The Morgan fingerprint density at radius 1 is 1.12 bits per heavy atom. The summed E-state index contributed by atoms with van der Waals surface area (Å²) in [5, 5.41) is 0. The van der Waals surface area contributed by atoms with E-state index < -0.39 is 6.29 Å². The SMILES string of the molecule is CCCCCCC(=O)OC(C)OCC(C)C. The minimum absolute atomic E-state index is 0.146. The molecule has 0 aliphatic carbocycles. The average molecular weight is 230 g/mol. The minimum Gasteiger partial charge on any atom is -0.436 e. The number of ether oxygens (including phenoxy) is 2. The molecule has 96 valence electrons. The minimum atomic E-state index is -0.416. The van der Waals surface area contributed by atoms with Crippen molar-refractivity contribution < 1.29 is 14.3 Å². The first-order valence-electron chi connectivity index (χ1n) is 6.37. The van der Waals surface area contributed by atoms with E-state index in [-0.39, 0.29) is 5.97 Å². The molecule has 0 heterocycles. The highest BCUT2D eigenvalue weighted by atomic mass is 16.7. The first-order chi connectivity index (χ1) is 7.56. The van der Waals surface area contributed by atoms with Crippen LogP contribution in [0.3, 0.4) is 0 Å². The van der Waals surface area contributed by atoms with E-state index in [2.05, 4.69) is 20.8 Å². The van der Waals surface area contributed by atoms with Crippen molar-refractivity contribution in [2.75, 3.05) is 6.61 Å². The van der Waals surface area contributed by atoms with E-state index in [0.29, 0.717) is 18.9 Å². The molecule has 0 rings (SSSR count). The number of hydrogen-bond donors (Lipinski definition) is 0. The number of carbonyl (C=O) groups excluding carboxylic acids is 1. The summed E-state index contributed by atoms with van der Waals surface area (Å²) in [4.78, 5) is 11.4. The summed E-state index contributed by atoms with van der Waals surface area (Å²) in [6.45, 7) is 8.69. The summed E-state index contributed by atoms with van der Waals surface area (Å²) in [7, 11) is 0. The van der Waals surface area contributed by atoms with Crippen LogP contribution in [-0.2, 0) is 14.3 Å². The van der Waals surface area contributed by atoms with Crippen molar-refractivity contribution in [2.45, 2.75) is 66.1 Å². The van der Waals surface area contributed by atoms with Crippen LogP contribution in [0, 0.1) is 5.92 Å². The van der Waals surface area contributed by atoms with E-state index in [9.17, 15) is 4.79 Å². The van der Waals surface area contributed by atoms with E-state index in [1.807, 2.05) is 0 Å². The number of esters is 1. The molecule has 3 nitrogen and oxygen atoms in total. The van der Waals surface area contributed by atoms with Crippen molar-refractivity contribution in [2.24, 2.45) is 5.92 Å². The molecular weight excluding hydrogens is 204 g/mol. The topological polar surface area (TPSA) is 35.5 Å². The van der Waals surface area contributed by atoms with Crippen LogP contribution < -0.4 is 0 Å². The lowest BCUT2D eigenvalue weighted by molar-refractivity contribution is -0.176. The van der Waals surface area contributed by atoms with Crippen molar-refractivity contribution >= 4 is 5.97 Å². The summed E-state index contributed by atoms with van der Waals surface area (Å²) >= 11 is 0. The fourth-order valence-electron chi connectivity index (χ4n) is 1.30. The molecule has 0 saturated carbocycles. The van der Waals surface area contributed by atoms with Gasteiger partial charge in [-0.3, -0.25) is 4.79 Å². The summed E-state index contributed by atoms with van der Waals surface area (Å²) < 4.78 is 10.5. The molecule has 3 heteroatoms. The second-order valence-electron chi connectivity index (χ2n) is 4.60. The van der Waals surface area contributed by atoms with Gasteiger partial charge in [0.05, 0.1) is 6.61 Å². The Balaban J connectivity index is 3.46. The Kier molecular flexibility index (Phi) is 9.30. The summed E-state index contributed by atoms with van der Waals surface area (Å²) in [5.74, 6) is 0.318. The van der Waals surface area contributed by atoms with Crippen LogP contribution >= 0.6 is 0 Å². The molecule has 16 heavy (non-hydrogen) atoms. The number of hydrogen-bond acceptors (Lipinski definition) is 3. The maximum atomic E-state index is 11.4. The summed E-state index contributed by atoms with van der Waals surface area (Å²) in [6.07, 6.45) is 4.49. The molecule has 0 aromatic heterocycles. The van der Waals surface area contributed by atoms with Gasteiger partial charge in [-0.1, -0.05) is 40.0 Å². The number of rotatable bonds is 9. The molecule has 1 unspecified atom stereocenters. The van der Waals surface area contributed by atoms with E-state index in [4.69, 9.17) is 9.47 Å². The van der Waals surface area contributed by atoms with Crippen LogP contribution in [0.5, 0.6) is 0 Å². The van der Waals surface area contributed by atoms with Crippen LogP contribution in [0.15, 0.2) is 0 Å². The number of carbonyl (C=O) groups is 1. The Hall–Kier alpha value is -0.570. The van der Waals surface area contributed by atoms with Gasteiger partial charge in [-0.2, -0.15) is 0 Å². The second kappa shape index (κ2) is 9.64. The second-order valence-corrected chi connectivity index (χ2v) is 4.60. The highest BCUT2D eigenvalue weighted by Crippen LogP contribution is 2.06. The fourth-order valence-corrected chi connectivity index (χ4v) is 1.30. The highest BCUT2D eigenvalue weighted by molar-refractivity contribution is 5.69. The van der Waals surface area contributed by atoms with Gasteiger partial charge in [0.1, 0.15) is 0 Å². The lowest BCUT2D eigenvalue weighted by Crippen LogP contribution is -2.20. The molecule has 0 aliphatic heterocycles. The van der Waals surface area contributed by atoms with Crippen LogP contribution in [0.2, 0.25) is 0 Å². The first kappa shape index (κ1) is 15.4. The summed E-state index contributed by atoms with van der Waals surface area (Å²) in [5.41, 5.74) is 0. The first-order valence-corrected chi connectivity index (χ1v) is 6.37. The third-order valence-electron chi connectivity index (χ3n) is 2.20. The lowest BCUT2D eigenvalue weighted by atomic mass is 10.2. The Bertz CT molecular complexity index is 178. The Morgan fingerprint density at radius 3 is 2.38 bits per heavy atom. The Labute approximate surface area is 99.5 Å². The van der Waals surface area contributed by atoms with Crippen LogP contribution in [0.4, 0.5) is 0 Å². The van der Waals surface area contributed by atoms with Gasteiger partial charge >= 0.3 is 5.97 Å². The van der Waals surface area contributed by atoms with E-state index >= 15 is 0 Å². The van der Waals surface area contributed by atoms with Crippen LogP contribution in [-0.4, -0.2) is 18.9 Å². The van der Waals surface area contributed by atoms with E-state index in [1.54, 1.807) is 6.92 Å². The lowest BCUT2D eigenvalue weighted by Gasteiger charge is -2.15. The van der Waals surface area contributed by atoms with Crippen LogP contribution in [0.1, 0.15) is 59.8 Å². The van der Waals surface area contributed by atoms with Gasteiger partial charge in [0, 0.05) is 6.42 Å².